The third kappa shape index (κ3) is 2.33. The fourth-order valence-corrected chi connectivity index (χ4v) is 1.15. The lowest BCUT2D eigenvalue weighted by Gasteiger charge is -2.06. The van der Waals surface area contributed by atoms with Crippen molar-refractivity contribution in [1.82, 2.24) is 0 Å². The van der Waals surface area contributed by atoms with Crippen molar-refractivity contribution in [3.05, 3.63) is 29.3 Å². The average molecular weight is 208 g/mol. The molecule has 0 aliphatic rings. The summed E-state index contributed by atoms with van der Waals surface area (Å²) in [6.07, 6.45) is 0. The van der Waals surface area contributed by atoms with Crippen LogP contribution in [-0.2, 0) is 0 Å². The lowest BCUT2D eigenvalue weighted by Crippen LogP contribution is -2.37. The molecule has 6 nitrogen and oxygen atoms in total. The highest BCUT2D eigenvalue weighted by atomic mass is 16.4. The van der Waals surface area contributed by atoms with E-state index < -0.39 is 18.9 Å². The normalized spacial score (nSPS) is 9.73. The van der Waals surface area contributed by atoms with Gasteiger partial charge in [0.2, 0.25) is 11.8 Å². The summed E-state index contributed by atoms with van der Waals surface area (Å²) in [6.45, 7) is 0. The molecule has 0 spiro atoms. The molecule has 0 radical (unpaired) electrons. The van der Waals surface area contributed by atoms with Crippen molar-refractivity contribution in [1.29, 1.82) is 0 Å². The maximum atomic E-state index is 10.9. The molecule has 0 aliphatic carbocycles. The summed E-state index contributed by atoms with van der Waals surface area (Å²) in [5, 5.41) is 17.8. The zero-order valence-corrected chi connectivity index (χ0v) is 7.68. The number of nitrogens with two attached hydrogens (primary N) is 2. The van der Waals surface area contributed by atoms with Gasteiger partial charge in [-0.05, 0) is 17.6 Å². The third-order valence-corrected chi connectivity index (χ3v) is 1.88. The van der Waals surface area contributed by atoms with E-state index in [0.29, 0.717) is 0 Å². The highest BCUT2D eigenvalue weighted by Crippen LogP contribution is 2.02. The molecule has 0 saturated carbocycles. The van der Waals surface area contributed by atoms with E-state index in [1.807, 2.05) is 0 Å². The monoisotopic (exact) mass is 208 g/mol. The molecule has 78 valence electrons. The first-order valence-corrected chi connectivity index (χ1v) is 4.03. The molecule has 0 heterocycles. The Labute approximate surface area is 85.6 Å². The van der Waals surface area contributed by atoms with Gasteiger partial charge < -0.3 is 21.5 Å². The van der Waals surface area contributed by atoms with Crippen LogP contribution in [0, 0.1) is 0 Å². The fraction of sp³-hybridized carbons (Fsp3) is 0. The molecule has 0 unspecified atom stereocenters. The van der Waals surface area contributed by atoms with Crippen molar-refractivity contribution in [2.24, 2.45) is 11.5 Å². The van der Waals surface area contributed by atoms with Gasteiger partial charge in [0.15, 0.2) is 0 Å². The molecule has 1 rings (SSSR count). The average Bonchev–Trinajstić information content (AvgIpc) is 2.16. The molecule has 6 N–H and O–H groups in total. The molecule has 15 heavy (non-hydrogen) atoms. The molecule has 1 aromatic rings. The number of carbonyl (C=O) groups is 2. The second-order valence-electron chi connectivity index (χ2n) is 2.90. The molecule has 7 heteroatoms. The van der Waals surface area contributed by atoms with Gasteiger partial charge in [0.1, 0.15) is 0 Å². The van der Waals surface area contributed by atoms with Gasteiger partial charge >= 0.3 is 7.12 Å². The standard InChI is InChI=1S/C8H9BN2O4/c10-7(12)4-1-2-6(9(14)15)5(3-4)8(11)13/h1-3,14-15H,(H2,10,12)(H2,11,13). The molecule has 0 aromatic heterocycles. The highest BCUT2D eigenvalue weighted by Gasteiger charge is 2.20. The third-order valence-electron chi connectivity index (χ3n) is 1.88. The van der Waals surface area contributed by atoms with Gasteiger partial charge in [-0.3, -0.25) is 9.59 Å². The van der Waals surface area contributed by atoms with Crippen LogP contribution in [0.25, 0.3) is 0 Å². The Kier molecular flexibility index (Phi) is 3.08. The summed E-state index contributed by atoms with van der Waals surface area (Å²) in [7, 11) is -1.82. The van der Waals surface area contributed by atoms with Gasteiger partial charge in [-0.15, -0.1) is 0 Å². The Hall–Kier alpha value is -1.86. The smallest absolute Gasteiger partial charge is 0.423 e. The van der Waals surface area contributed by atoms with Gasteiger partial charge in [-0.2, -0.15) is 0 Å². The van der Waals surface area contributed by atoms with Crippen LogP contribution in [-0.4, -0.2) is 29.0 Å². The van der Waals surface area contributed by atoms with Crippen LogP contribution in [0.15, 0.2) is 18.2 Å². The molecule has 0 aliphatic heterocycles. The number of amides is 2. The summed E-state index contributed by atoms with van der Waals surface area (Å²) in [5.41, 5.74) is 9.88. The lowest BCUT2D eigenvalue weighted by atomic mass is 9.76. The molecule has 0 saturated heterocycles. The maximum Gasteiger partial charge on any atom is 0.489 e. The van der Waals surface area contributed by atoms with E-state index in [1.54, 1.807) is 0 Å². The predicted octanol–water partition coefficient (Wildman–Crippen LogP) is -2.44. The minimum atomic E-state index is -1.82. The van der Waals surface area contributed by atoms with Crippen molar-refractivity contribution in [3.63, 3.8) is 0 Å². The molecular formula is C8H9BN2O4. The Balaban J connectivity index is 3.33. The first-order valence-electron chi connectivity index (χ1n) is 4.03. The lowest BCUT2D eigenvalue weighted by molar-refractivity contribution is 0.0999. The SMILES string of the molecule is NC(=O)c1ccc(B(O)O)c(C(N)=O)c1. The minimum Gasteiger partial charge on any atom is -0.423 e. The molecule has 2 amide bonds. The van der Waals surface area contributed by atoms with Gasteiger partial charge in [-0.25, -0.2) is 0 Å². The largest absolute Gasteiger partial charge is 0.489 e. The van der Waals surface area contributed by atoms with E-state index in [9.17, 15) is 9.59 Å². The van der Waals surface area contributed by atoms with Crippen molar-refractivity contribution in [2.45, 2.75) is 0 Å². The first kappa shape index (κ1) is 11.2. The molecular weight excluding hydrogens is 199 g/mol. The molecule has 1 aromatic carbocycles. The number of carbonyl (C=O) groups excluding carboxylic acids is 2. The van der Waals surface area contributed by atoms with Crippen LogP contribution < -0.4 is 16.9 Å². The zero-order valence-electron chi connectivity index (χ0n) is 7.68. The highest BCUT2D eigenvalue weighted by molar-refractivity contribution is 6.60. The van der Waals surface area contributed by atoms with Crippen molar-refractivity contribution >= 4 is 24.4 Å². The van der Waals surface area contributed by atoms with Gasteiger partial charge in [-0.1, -0.05) is 6.07 Å². The van der Waals surface area contributed by atoms with E-state index >= 15 is 0 Å². The molecule has 0 atom stereocenters. The fourth-order valence-electron chi connectivity index (χ4n) is 1.15. The number of primary amides is 2. The van der Waals surface area contributed by atoms with Crippen molar-refractivity contribution in [2.75, 3.05) is 0 Å². The first-order chi connectivity index (χ1) is 6.93. The maximum absolute atomic E-state index is 10.9. The second kappa shape index (κ2) is 4.12. The Morgan fingerprint density at radius 2 is 1.73 bits per heavy atom. The molecule has 0 bridgehead atoms. The van der Waals surface area contributed by atoms with E-state index in [4.69, 9.17) is 21.5 Å². The zero-order chi connectivity index (χ0) is 11.6. The minimum absolute atomic E-state index is 0.0625. The summed E-state index contributed by atoms with van der Waals surface area (Å²) in [4.78, 5) is 21.8. The summed E-state index contributed by atoms with van der Waals surface area (Å²) >= 11 is 0. The molecule has 0 fully saturated rings. The van der Waals surface area contributed by atoms with Crippen LogP contribution in [0.5, 0.6) is 0 Å². The van der Waals surface area contributed by atoms with Gasteiger partial charge in [0.05, 0.1) is 0 Å². The van der Waals surface area contributed by atoms with Crippen LogP contribution >= 0.6 is 0 Å². The Morgan fingerprint density at radius 1 is 1.13 bits per heavy atom. The van der Waals surface area contributed by atoms with Crippen LogP contribution in [0.2, 0.25) is 0 Å². The van der Waals surface area contributed by atoms with E-state index in [0.717, 1.165) is 6.07 Å². The van der Waals surface area contributed by atoms with E-state index in [2.05, 4.69) is 0 Å². The van der Waals surface area contributed by atoms with Crippen molar-refractivity contribution < 1.29 is 19.6 Å². The van der Waals surface area contributed by atoms with E-state index in [-0.39, 0.29) is 16.6 Å². The second-order valence-corrected chi connectivity index (χ2v) is 2.90. The van der Waals surface area contributed by atoms with Crippen LogP contribution in [0.4, 0.5) is 0 Å². The van der Waals surface area contributed by atoms with Crippen molar-refractivity contribution in [3.8, 4) is 0 Å². The topological polar surface area (TPSA) is 127 Å². The predicted molar refractivity (Wildman–Crippen MR) is 53.3 cm³/mol. The number of hydrogen-bond donors (Lipinski definition) is 4. The van der Waals surface area contributed by atoms with Gasteiger partial charge in [0.25, 0.3) is 0 Å². The Morgan fingerprint density at radius 3 is 2.13 bits per heavy atom. The van der Waals surface area contributed by atoms with Crippen LogP contribution in [0.1, 0.15) is 20.7 Å². The summed E-state index contributed by atoms with van der Waals surface area (Å²) in [5.74, 6) is -1.59. The quantitative estimate of drug-likeness (QED) is 0.411. The van der Waals surface area contributed by atoms with E-state index in [1.165, 1.54) is 12.1 Å². The summed E-state index contributed by atoms with van der Waals surface area (Å²) in [6, 6.07) is 3.62. The number of hydrogen-bond acceptors (Lipinski definition) is 4. The Bertz CT molecular complexity index is 419. The number of rotatable bonds is 3. The van der Waals surface area contributed by atoms with Gasteiger partial charge in [0, 0.05) is 11.1 Å². The number of benzene rings is 1. The van der Waals surface area contributed by atoms with Crippen LogP contribution in [0.3, 0.4) is 0 Å². The summed E-state index contributed by atoms with van der Waals surface area (Å²) < 4.78 is 0.